The minimum Gasteiger partial charge on any atom is -0.346 e. The summed E-state index contributed by atoms with van der Waals surface area (Å²) >= 11 is 1.84. The van der Waals surface area contributed by atoms with Gasteiger partial charge in [-0.1, -0.05) is 30.9 Å². The molecule has 2 atom stereocenters. The van der Waals surface area contributed by atoms with Gasteiger partial charge in [0, 0.05) is 26.2 Å². The third-order valence-corrected chi connectivity index (χ3v) is 5.42. The van der Waals surface area contributed by atoms with E-state index in [-0.39, 0.29) is 7.43 Å². The molecule has 0 radical (unpaired) electrons. The van der Waals surface area contributed by atoms with Gasteiger partial charge in [-0.05, 0) is 37.4 Å². The summed E-state index contributed by atoms with van der Waals surface area (Å²) in [7, 11) is 0. The largest absolute Gasteiger partial charge is 0.346 e. The second-order valence-electron chi connectivity index (χ2n) is 5.72. The Morgan fingerprint density at radius 2 is 2.00 bits per heavy atom. The number of para-hydroxylation sites is 1. The SMILES string of the molecule is C.c1ccc2sc(N3CCN4CCCC(C4)C3)nc2c1. The number of anilines is 1. The lowest BCUT2D eigenvalue weighted by Crippen LogP contribution is -2.35. The second-order valence-corrected chi connectivity index (χ2v) is 6.73. The molecule has 0 spiro atoms. The number of fused-ring (bicyclic) bond motifs is 3. The van der Waals surface area contributed by atoms with E-state index in [1.54, 1.807) is 0 Å². The molecule has 2 aromatic rings. The van der Waals surface area contributed by atoms with Gasteiger partial charge in [0.15, 0.2) is 5.13 Å². The van der Waals surface area contributed by atoms with E-state index in [1.165, 1.54) is 48.9 Å². The van der Waals surface area contributed by atoms with Crippen LogP contribution in [0.3, 0.4) is 0 Å². The normalized spacial score (nSPS) is 26.1. The van der Waals surface area contributed by atoms with Crippen LogP contribution in [0.1, 0.15) is 20.3 Å². The topological polar surface area (TPSA) is 19.4 Å². The van der Waals surface area contributed by atoms with Crippen molar-refractivity contribution in [2.24, 2.45) is 5.92 Å². The fourth-order valence-electron chi connectivity index (χ4n) is 3.34. The Balaban J connectivity index is 0.00000121. The van der Waals surface area contributed by atoms with Crippen molar-refractivity contribution in [1.29, 1.82) is 0 Å². The Morgan fingerprint density at radius 3 is 2.90 bits per heavy atom. The van der Waals surface area contributed by atoms with Crippen LogP contribution in [0.5, 0.6) is 0 Å². The molecule has 2 aliphatic heterocycles. The molecule has 2 aliphatic rings. The third-order valence-electron chi connectivity index (χ3n) is 4.32. The summed E-state index contributed by atoms with van der Waals surface area (Å²) in [4.78, 5) is 9.96. The summed E-state index contributed by atoms with van der Waals surface area (Å²) in [6.45, 7) is 6.12. The number of hydrogen-bond acceptors (Lipinski definition) is 4. The van der Waals surface area contributed by atoms with Crippen LogP contribution in [-0.2, 0) is 0 Å². The molecule has 2 bridgehead atoms. The van der Waals surface area contributed by atoms with Gasteiger partial charge < -0.3 is 9.80 Å². The molecule has 0 amide bonds. The van der Waals surface area contributed by atoms with Crippen LogP contribution in [0.4, 0.5) is 5.13 Å². The molecule has 20 heavy (non-hydrogen) atoms. The van der Waals surface area contributed by atoms with Gasteiger partial charge in [0.05, 0.1) is 10.2 Å². The van der Waals surface area contributed by atoms with E-state index < -0.39 is 0 Å². The fourth-order valence-corrected chi connectivity index (χ4v) is 4.34. The number of thiazole rings is 1. The molecule has 1 aromatic carbocycles. The van der Waals surface area contributed by atoms with Crippen LogP contribution in [-0.4, -0.2) is 42.6 Å². The smallest absolute Gasteiger partial charge is 0.186 e. The Labute approximate surface area is 125 Å². The predicted molar refractivity (Wildman–Crippen MR) is 87.7 cm³/mol. The zero-order valence-electron chi connectivity index (χ0n) is 11.1. The van der Waals surface area contributed by atoms with Crippen molar-refractivity contribution in [2.45, 2.75) is 20.3 Å². The summed E-state index contributed by atoms with van der Waals surface area (Å²) in [6.07, 6.45) is 2.76. The van der Waals surface area contributed by atoms with E-state index >= 15 is 0 Å². The van der Waals surface area contributed by atoms with E-state index in [0.29, 0.717) is 0 Å². The van der Waals surface area contributed by atoms with E-state index in [0.717, 1.165) is 18.0 Å². The molecule has 1 aromatic heterocycles. The van der Waals surface area contributed by atoms with Gasteiger partial charge in [-0.2, -0.15) is 0 Å². The van der Waals surface area contributed by atoms with Crippen molar-refractivity contribution in [3.8, 4) is 0 Å². The van der Waals surface area contributed by atoms with E-state index in [2.05, 4.69) is 34.1 Å². The maximum absolute atomic E-state index is 4.82. The highest BCUT2D eigenvalue weighted by Gasteiger charge is 2.27. The quantitative estimate of drug-likeness (QED) is 0.801. The first kappa shape index (κ1) is 13.8. The highest BCUT2D eigenvalue weighted by atomic mass is 32.1. The van der Waals surface area contributed by atoms with Crippen LogP contribution in [0.2, 0.25) is 0 Å². The van der Waals surface area contributed by atoms with Crippen molar-refractivity contribution in [3.63, 3.8) is 0 Å². The van der Waals surface area contributed by atoms with Crippen LogP contribution >= 0.6 is 11.3 Å². The van der Waals surface area contributed by atoms with Gasteiger partial charge in [0.25, 0.3) is 0 Å². The monoisotopic (exact) mass is 289 g/mol. The molecule has 3 heterocycles. The van der Waals surface area contributed by atoms with Gasteiger partial charge in [-0.3, -0.25) is 0 Å². The van der Waals surface area contributed by atoms with Gasteiger partial charge >= 0.3 is 0 Å². The zero-order chi connectivity index (χ0) is 12.7. The standard InChI is InChI=1S/C15H19N3S.CH4/c1-2-6-14-13(5-1)16-15(19-14)18-9-8-17-7-3-4-12(10-17)11-18;/h1-2,5-6,12H,3-4,7-11H2;1H4. The molecular weight excluding hydrogens is 266 g/mol. The van der Waals surface area contributed by atoms with E-state index in [1.807, 2.05) is 11.3 Å². The number of hydrogen-bond donors (Lipinski definition) is 0. The van der Waals surface area contributed by atoms with Crippen molar-refractivity contribution >= 4 is 26.7 Å². The lowest BCUT2D eigenvalue weighted by Gasteiger charge is -2.29. The number of piperidine rings is 1. The molecule has 2 fully saturated rings. The molecule has 4 heteroatoms. The maximum atomic E-state index is 4.82. The number of benzene rings is 1. The van der Waals surface area contributed by atoms with E-state index in [9.17, 15) is 0 Å². The minimum atomic E-state index is 0. The summed E-state index contributed by atoms with van der Waals surface area (Å²) < 4.78 is 1.31. The highest BCUT2D eigenvalue weighted by molar-refractivity contribution is 7.22. The minimum absolute atomic E-state index is 0. The Hall–Kier alpha value is -1.13. The number of nitrogens with zero attached hydrogens (tertiary/aromatic N) is 3. The molecule has 0 N–H and O–H groups in total. The van der Waals surface area contributed by atoms with Gasteiger partial charge in [-0.15, -0.1) is 0 Å². The highest BCUT2D eigenvalue weighted by Crippen LogP contribution is 2.31. The van der Waals surface area contributed by atoms with Crippen molar-refractivity contribution < 1.29 is 0 Å². The van der Waals surface area contributed by atoms with Crippen LogP contribution in [0.25, 0.3) is 10.2 Å². The van der Waals surface area contributed by atoms with Gasteiger partial charge in [0.2, 0.25) is 0 Å². The Bertz CT molecular complexity index is 547. The van der Waals surface area contributed by atoms with E-state index in [4.69, 9.17) is 4.98 Å². The van der Waals surface area contributed by atoms with Crippen molar-refractivity contribution in [1.82, 2.24) is 9.88 Å². The summed E-state index contributed by atoms with van der Waals surface area (Å²) in [5, 5.41) is 1.22. The molecule has 2 saturated heterocycles. The Morgan fingerprint density at radius 1 is 1.10 bits per heavy atom. The first-order chi connectivity index (χ1) is 9.38. The molecule has 4 rings (SSSR count). The van der Waals surface area contributed by atoms with Crippen LogP contribution in [0, 0.1) is 5.92 Å². The maximum Gasteiger partial charge on any atom is 0.186 e. The van der Waals surface area contributed by atoms with Gasteiger partial charge in [-0.25, -0.2) is 4.98 Å². The first-order valence-electron chi connectivity index (χ1n) is 7.21. The first-order valence-corrected chi connectivity index (χ1v) is 8.03. The predicted octanol–water partition coefficient (Wildman–Crippen LogP) is 3.46. The lowest BCUT2D eigenvalue weighted by atomic mass is 9.99. The molecule has 2 unspecified atom stereocenters. The number of aromatic nitrogens is 1. The summed E-state index contributed by atoms with van der Waals surface area (Å²) in [6, 6.07) is 8.48. The third kappa shape index (κ3) is 2.54. The molecular formula is C16H23N3S. The fraction of sp³-hybridized carbons (Fsp3) is 0.562. The van der Waals surface area contributed by atoms with Crippen molar-refractivity contribution in [3.05, 3.63) is 24.3 Å². The zero-order valence-corrected chi connectivity index (χ0v) is 11.9. The lowest BCUT2D eigenvalue weighted by molar-refractivity contribution is 0.201. The number of rotatable bonds is 1. The molecule has 0 saturated carbocycles. The van der Waals surface area contributed by atoms with Crippen molar-refractivity contribution in [2.75, 3.05) is 37.6 Å². The molecule has 3 nitrogen and oxygen atoms in total. The van der Waals surface area contributed by atoms with Crippen LogP contribution < -0.4 is 4.90 Å². The molecule has 0 aliphatic carbocycles. The van der Waals surface area contributed by atoms with Crippen LogP contribution in [0.15, 0.2) is 24.3 Å². The second kappa shape index (κ2) is 5.70. The summed E-state index contributed by atoms with van der Waals surface area (Å²) in [5.74, 6) is 0.836. The average Bonchev–Trinajstić information content (AvgIpc) is 2.81. The molecule has 108 valence electrons. The Kier molecular flexibility index (Phi) is 3.94. The van der Waals surface area contributed by atoms with Gasteiger partial charge in [0.1, 0.15) is 0 Å². The average molecular weight is 289 g/mol. The summed E-state index contributed by atoms with van der Waals surface area (Å²) in [5.41, 5.74) is 1.15.